The molecule has 0 aliphatic heterocycles. The molecule has 2 unspecified atom stereocenters. The van der Waals surface area contributed by atoms with Gasteiger partial charge in [0.25, 0.3) is 7.82 Å². The van der Waals surface area contributed by atoms with Gasteiger partial charge in [-0.15, -0.1) is 0 Å². The molecule has 0 bridgehead atoms. The third kappa shape index (κ3) is 48.3. The molecule has 0 aliphatic rings. The molecule has 0 spiro atoms. The van der Waals surface area contributed by atoms with Crippen LogP contribution in [0.4, 0.5) is 0 Å². The Morgan fingerprint density at radius 2 is 0.902 bits per heavy atom. The number of phosphoric ester groups is 1. The van der Waals surface area contributed by atoms with Crippen LogP contribution >= 0.6 is 7.82 Å². The third-order valence-corrected chi connectivity index (χ3v) is 10.6. The molecule has 0 saturated carbocycles. The molecule has 0 saturated heterocycles. The summed E-state index contributed by atoms with van der Waals surface area (Å²) in [6, 6.07) is 0. The quantitative estimate of drug-likeness (QED) is 0.0198. The number of unbranched alkanes of at least 4 members (excludes halogenated alkanes) is 13. The summed E-state index contributed by atoms with van der Waals surface area (Å²) >= 11 is 0. The van der Waals surface area contributed by atoms with Crippen molar-refractivity contribution in [3.8, 4) is 0 Å². The number of quaternary nitrogens is 1. The molecule has 0 radical (unpaired) electrons. The Labute approximate surface area is 375 Å². The highest BCUT2D eigenvalue weighted by Crippen LogP contribution is 2.38. The maximum atomic E-state index is 12.7. The van der Waals surface area contributed by atoms with Crippen molar-refractivity contribution in [2.45, 2.75) is 174 Å². The standard InChI is InChI=1S/C52H90NO7P/c1-6-8-10-12-14-16-18-20-22-24-25-26-27-28-29-30-31-33-35-37-39-41-43-45-52(54)60-51(50-59-61(55,56)58-48-46-53(3,4)5)49-57-47-44-42-40-38-36-34-32-23-21-19-17-15-13-11-9-7-2/h8-11,14-17,20-23,25-26,28-29,51H,6-7,12-13,18-19,24,27,30-50H2,1-5H3/b10-8-,11-9-,16-14-,17-15-,22-20-,23-21-,26-25-,29-28-. The van der Waals surface area contributed by atoms with Crippen LogP contribution in [0.15, 0.2) is 97.2 Å². The Morgan fingerprint density at radius 1 is 0.508 bits per heavy atom. The number of nitrogens with zero attached hydrogens (tertiary/aromatic N) is 1. The fraction of sp³-hybridized carbons (Fsp3) is 0.673. The molecule has 0 heterocycles. The van der Waals surface area contributed by atoms with Crippen LogP contribution in [0.2, 0.25) is 0 Å². The lowest BCUT2D eigenvalue weighted by Crippen LogP contribution is -2.37. The molecular weight excluding hydrogens is 782 g/mol. The average molecular weight is 872 g/mol. The maximum absolute atomic E-state index is 12.7. The second-order valence-corrected chi connectivity index (χ2v) is 18.1. The lowest BCUT2D eigenvalue weighted by atomic mass is 10.1. The summed E-state index contributed by atoms with van der Waals surface area (Å²) in [6.07, 6.45) is 59.9. The molecule has 0 fully saturated rings. The lowest BCUT2D eigenvalue weighted by molar-refractivity contribution is -0.870. The first kappa shape index (κ1) is 58.4. The molecule has 0 rings (SSSR count). The van der Waals surface area contributed by atoms with Gasteiger partial charge in [0.15, 0.2) is 0 Å². The van der Waals surface area contributed by atoms with Gasteiger partial charge in [-0.05, 0) is 89.9 Å². The van der Waals surface area contributed by atoms with Gasteiger partial charge in [-0.1, -0.05) is 169 Å². The summed E-state index contributed by atoms with van der Waals surface area (Å²) < 4.78 is 34.6. The maximum Gasteiger partial charge on any atom is 0.306 e. The van der Waals surface area contributed by atoms with Gasteiger partial charge in [0.2, 0.25) is 0 Å². The van der Waals surface area contributed by atoms with Gasteiger partial charge in [0.1, 0.15) is 19.3 Å². The number of carbonyl (C=O) groups is 1. The van der Waals surface area contributed by atoms with E-state index in [1.54, 1.807) is 0 Å². The predicted octanol–water partition coefficient (Wildman–Crippen LogP) is 14.0. The topological polar surface area (TPSA) is 94.1 Å². The number of phosphoric acid groups is 1. The van der Waals surface area contributed by atoms with Crippen molar-refractivity contribution in [3.05, 3.63) is 97.2 Å². The Bertz CT molecular complexity index is 1290. The lowest BCUT2D eigenvalue weighted by Gasteiger charge is -2.28. The van der Waals surface area contributed by atoms with E-state index in [0.29, 0.717) is 24.1 Å². The van der Waals surface area contributed by atoms with Crippen LogP contribution in [0.25, 0.3) is 0 Å². The fourth-order valence-electron chi connectivity index (χ4n) is 6.00. The zero-order chi connectivity index (χ0) is 44.8. The molecule has 350 valence electrons. The van der Waals surface area contributed by atoms with Crippen molar-refractivity contribution in [2.75, 3.05) is 54.1 Å². The van der Waals surface area contributed by atoms with Crippen LogP contribution < -0.4 is 4.89 Å². The van der Waals surface area contributed by atoms with Crippen LogP contribution in [0, 0.1) is 0 Å². The van der Waals surface area contributed by atoms with E-state index in [1.165, 1.54) is 38.5 Å². The molecule has 0 amide bonds. The number of allylic oxidation sites excluding steroid dienone is 16. The van der Waals surface area contributed by atoms with Gasteiger partial charge in [-0.2, -0.15) is 0 Å². The first-order valence-electron chi connectivity index (χ1n) is 24.0. The third-order valence-electron chi connectivity index (χ3n) is 9.63. The first-order valence-corrected chi connectivity index (χ1v) is 25.4. The van der Waals surface area contributed by atoms with Crippen molar-refractivity contribution in [2.24, 2.45) is 0 Å². The Kier molecular flexibility index (Phi) is 42.2. The van der Waals surface area contributed by atoms with E-state index in [2.05, 4.69) is 111 Å². The van der Waals surface area contributed by atoms with Crippen LogP contribution in [0.3, 0.4) is 0 Å². The minimum atomic E-state index is -4.54. The molecule has 8 nitrogen and oxygen atoms in total. The highest BCUT2D eigenvalue weighted by molar-refractivity contribution is 7.45. The van der Waals surface area contributed by atoms with Crippen LogP contribution in [-0.2, 0) is 27.9 Å². The molecule has 0 aromatic heterocycles. The van der Waals surface area contributed by atoms with Crippen molar-refractivity contribution >= 4 is 13.8 Å². The minimum Gasteiger partial charge on any atom is -0.756 e. The van der Waals surface area contributed by atoms with Crippen LogP contribution in [0.5, 0.6) is 0 Å². The molecule has 0 aliphatic carbocycles. The largest absolute Gasteiger partial charge is 0.756 e. The summed E-state index contributed by atoms with van der Waals surface area (Å²) in [5.41, 5.74) is 0. The fourth-order valence-corrected chi connectivity index (χ4v) is 6.73. The zero-order valence-corrected chi connectivity index (χ0v) is 40.5. The summed E-state index contributed by atoms with van der Waals surface area (Å²) in [7, 11) is 1.32. The normalized spacial score (nSPS) is 14.5. The van der Waals surface area contributed by atoms with Gasteiger partial charge in [-0.3, -0.25) is 9.36 Å². The van der Waals surface area contributed by atoms with Crippen molar-refractivity contribution in [3.63, 3.8) is 0 Å². The van der Waals surface area contributed by atoms with Crippen LogP contribution in [0.1, 0.15) is 168 Å². The number of rotatable bonds is 43. The average Bonchev–Trinajstić information content (AvgIpc) is 3.22. The smallest absolute Gasteiger partial charge is 0.306 e. The van der Waals surface area contributed by atoms with Crippen molar-refractivity contribution < 1.29 is 37.3 Å². The highest BCUT2D eigenvalue weighted by Gasteiger charge is 2.20. The molecule has 0 N–H and O–H groups in total. The number of hydrogen-bond acceptors (Lipinski definition) is 7. The van der Waals surface area contributed by atoms with Gasteiger partial charge in [0.05, 0.1) is 34.4 Å². The van der Waals surface area contributed by atoms with Crippen molar-refractivity contribution in [1.29, 1.82) is 0 Å². The van der Waals surface area contributed by atoms with Gasteiger partial charge in [-0.25, -0.2) is 0 Å². The zero-order valence-electron chi connectivity index (χ0n) is 39.6. The summed E-state index contributed by atoms with van der Waals surface area (Å²) in [5.74, 6) is -0.355. The van der Waals surface area contributed by atoms with E-state index < -0.39 is 13.9 Å². The first-order chi connectivity index (χ1) is 29.6. The van der Waals surface area contributed by atoms with E-state index in [9.17, 15) is 14.3 Å². The predicted molar refractivity (Wildman–Crippen MR) is 258 cm³/mol. The minimum absolute atomic E-state index is 0.0151. The highest BCUT2D eigenvalue weighted by atomic mass is 31.2. The second kappa shape index (κ2) is 44.0. The number of ether oxygens (including phenoxy) is 2. The number of hydrogen-bond donors (Lipinski definition) is 0. The number of carbonyl (C=O) groups excluding carboxylic acids is 1. The van der Waals surface area contributed by atoms with Gasteiger partial charge >= 0.3 is 5.97 Å². The Hall–Kier alpha value is -2.58. The molecule has 0 aromatic carbocycles. The molecule has 9 heteroatoms. The van der Waals surface area contributed by atoms with E-state index in [4.69, 9.17) is 18.5 Å². The van der Waals surface area contributed by atoms with Crippen LogP contribution in [-0.4, -0.2) is 70.7 Å². The SMILES string of the molecule is CC/C=C\C/C=C\C/C=C\C/C=C\C/C=C\CCCCCCCCCC(=O)OC(COCCCCCCCC/C=C\C/C=C\C/C=C\CC)COP(=O)([O-])OCC[N+](C)(C)C. The molecular formula is C52H90NO7P. The monoisotopic (exact) mass is 872 g/mol. The molecule has 0 aromatic rings. The van der Waals surface area contributed by atoms with E-state index >= 15 is 0 Å². The Balaban J connectivity index is 4.24. The number of esters is 1. The number of likely N-dealkylation sites (N-methyl/N-ethyl adjacent to an activating group) is 1. The summed E-state index contributed by atoms with van der Waals surface area (Å²) in [6.45, 7) is 5.12. The van der Waals surface area contributed by atoms with E-state index in [1.807, 2.05) is 21.1 Å². The summed E-state index contributed by atoms with van der Waals surface area (Å²) in [5, 5.41) is 0. The van der Waals surface area contributed by atoms with E-state index in [0.717, 1.165) is 109 Å². The summed E-state index contributed by atoms with van der Waals surface area (Å²) in [4.78, 5) is 25.1. The van der Waals surface area contributed by atoms with Crippen molar-refractivity contribution in [1.82, 2.24) is 0 Å². The van der Waals surface area contributed by atoms with Gasteiger partial charge < -0.3 is 27.9 Å². The molecule has 2 atom stereocenters. The van der Waals surface area contributed by atoms with E-state index in [-0.39, 0.29) is 25.8 Å². The second-order valence-electron chi connectivity index (χ2n) is 16.7. The van der Waals surface area contributed by atoms with Gasteiger partial charge in [0, 0.05) is 13.0 Å². The molecule has 61 heavy (non-hydrogen) atoms. The Morgan fingerprint density at radius 3 is 1.34 bits per heavy atom.